The van der Waals surface area contributed by atoms with Crippen LogP contribution in [-0.4, -0.2) is 15.9 Å². The lowest BCUT2D eigenvalue weighted by molar-refractivity contribution is 0.0467. The molecule has 1 aromatic heterocycles. The third kappa shape index (κ3) is 4.41. The predicted molar refractivity (Wildman–Crippen MR) is 114 cm³/mol. The van der Waals surface area contributed by atoms with Gasteiger partial charge in [0, 0.05) is 0 Å². The summed E-state index contributed by atoms with van der Waals surface area (Å²) in [5.74, 6) is -0.0898. The fourth-order valence-electron chi connectivity index (χ4n) is 3.06. The molecule has 0 aliphatic rings. The fourth-order valence-corrected chi connectivity index (χ4v) is 3.06. The molecule has 0 radical (unpaired) electrons. The monoisotopic (exact) mass is 383 g/mol. The highest BCUT2D eigenvalue weighted by molar-refractivity contribution is 5.95. The first kappa shape index (κ1) is 18.6. The lowest BCUT2D eigenvalue weighted by Gasteiger charge is -2.17. The number of aromatic nitrogens is 2. The van der Waals surface area contributed by atoms with Gasteiger partial charge in [0.25, 0.3) is 0 Å². The summed E-state index contributed by atoms with van der Waals surface area (Å²) in [6.07, 6.45) is 0. The molecule has 0 saturated heterocycles. The summed E-state index contributed by atoms with van der Waals surface area (Å²) in [7, 11) is 0. The van der Waals surface area contributed by atoms with Crippen molar-refractivity contribution in [1.82, 2.24) is 9.97 Å². The number of ether oxygens (including phenoxy) is 1. The van der Waals surface area contributed by atoms with E-state index >= 15 is 0 Å². The van der Waals surface area contributed by atoms with E-state index in [-0.39, 0.29) is 18.3 Å². The number of carbonyl (C=O) groups excluding carboxylic acids is 1. The maximum atomic E-state index is 12.8. The van der Waals surface area contributed by atoms with Crippen molar-refractivity contribution >= 4 is 22.8 Å². The van der Waals surface area contributed by atoms with E-state index in [9.17, 15) is 4.79 Å². The zero-order chi connectivity index (χ0) is 20.1. The molecule has 5 nitrogen and oxygen atoms in total. The molecule has 144 valence electrons. The Hall–Kier alpha value is -3.73. The van der Waals surface area contributed by atoms with Crippen LogP contribution in [0.3, 0.4) is 0 Å². The average Bonchev–Trinajstić information content (AvgIpc) is 2.78. The third-order valence-corrected chi connectivity index (χ3v) is 4.63. The first-order chi connectivity index (χ1) is 14.2. The number of nitrogens with zero attached hydrogens (tertiary/aromatic N) is 2. The molecule has 5 heteroatoms. The molecular formula is C24H21N3O2. The second-order valence-electron chi connectivity index (χ2n) is 6.75. The molecule has 3 aromatic carbocycles. The molecule has 0 amide bonds. The van der Waals surface area contributed by atoms with Crippen LogP contribution in [0.15, 0.2) is 84.9 Å². The topological polar surface area (TPSA) is 64.1 Å². The summed E-state index contributed by atoms with van der Waals surface area (Å²) < 4.78 is 5.51. The van der Waals surface area contributed by atoms with Crippen LogP contribution in [0.1, 0.15) is 34.6 Å². The average molecular weight is 383 g/mol. The molecule has 0 aliphatic carbocycles. The standard InChI is InChI=1S/C24H21N3O2/c1-17(19-12-6-3-7-13-19)25-23-22(26-20-14-8-9-15-21(20)27-23)24(28)29-16-18-10-4-2-5-11-18/h2-15,17H,16H2,1H3,(H,25,27). The van der Waals surface area contributed by atoms with Gasteiger partial charge in [-0.3, -0.25) is 0 Å². The Kier molecular flexibility index (Phi) is 5.47. The summed E-state index contributed by atoms with van der Waals surface area (Å²) in [5, 5.41) is 3.32. The number of hydrogen-bond donors (Lipinski definition) is 1. The van der Waals surface area contributed by atoms with E-state index in [4.69, 9.17) is 4.74 Å². The summed E-state index contributed by atoms with van der Waals surface area (Å²) in [6.45, 7) is 2.20. The lowest BCUT2D eigenvalue weighted by Crippen LogP contribution is -2.16. The molecule has 1 unspecified atom stereocenters. The van der Waals surface area contributed by atoms with Crippen molar-refractivity contribution in [1.29, 1.82) is 0 Å². The summed E-state index contributed by atoms with van der Waals surface area (Å²) in [4.78, 5) is 22.0. The SMILES string of the molecule is CC(Nc1nc2ccccc2nc1C(=O)OCc1ccccc1)c1ccccc1. The highest BCUT2D eigenvalue weighted by Crippen LogP contribution is 2.23. The Morgan fingerprint density at radius 1 is 0.862 bits per heavy atom. The first-order valence-corrected chi connectivity index (χ1v) is 9.50. The summed E-state index contributed by atoms with van der Waals surface area (Å²) in [6, 6.07) is 27.0. The Labute approximate surface area is 169 Å². The van der Waals surface area contributed by atoms with Crippen molar-refractivity contribution < 1.29 is 9.53 Å². The minimum Gasteiger partial charge on any atom is -0.456 e. The Bertz CT molecular complexity index is 1110. The Morgan fingerprint density at radius 3 is 2.14 bits per heavy atom. The Balaban J connectivity index is 1.63. The van der Waals surface area contributed by atoms with Crippen molar-refractivity contribution in [3.63, 3.8) is 0 Å². The minimum absolute atomic E-state index is 0.0488. The molecule has 1 atom stereocenters. The number of carbonyl (C=O) groups is 1. The molecular weight excluding hydrogens is 362 g/mol. The predicted octanol–water partition coefficient (Wildman–Crippen LogP) is 5.16. The second-order valence-corrected chi connectivity index (χ2v) is 6.75. The van der Waals surface area contributed by atoms with Crippen LogP contribution >= 0.6 is 0 Å². The number of nitrogens with one attached hydrogen (secondary N) is 1. The number of fused-ring (bicyclic) bond motifs is 1. The number of esters is 1. The number of para-hydroxylation sites is 2. The van der Waals surface area contributed by atoms with Gasteiger partial charge in [-0.2, -0.15) is 0 Å². The fraction of sp³-hybridized carbons (Fsp3) is 0.125. The smallest absolute Gasteiger partial charge is 0.361 e. The van der Waals surface area contributed by atoms with Crippen molar-refractivity contribution in [2.75, 3.05) is 5.32 Å². The molecule has 0 fully saturated rings. The van der Waals surface area contributed by atoms with Gasteiger partial charge in [0.2, 0.25) is 0 Å². The van der Waals surface area contributed by atoms with E-state index < -0.39 is 5.97 Å². The largest absolute Gasteiger partial charge is 0.456 e. The van der Waals surface area contributed by atoms with Crippen LogP contribution in [-0.2, 0) is 11.3 Å². The Morgan fingerprint density at radius 2 is 1.45 bits per heavy atom. The van der Waals surface area contributed by atoms with E-state index in [1.54, 1.807) is 0 Å². The van der Waals surface area contributed by atoms with Crippen LogP contribution in [0.2, 0.25) is 0 Å². The third-order valence-electron chi connectivity index (χ3n) is 4.63. The molecule has 4 rings (SSSR count). The van der Waals surface area contributed by atoms with Gasteiger partial charge in [0.05, 0.1) is 17.1 Å². The lowest BCUT2D eigenvalue weighted by atomic mass is 10.1. The van der Waals surface area contributed by atoms with E-state index in [0.29, 0.717) is 11.3 Å². The minimum atomic E-state index is -0.505. The molecule has 29 heavy (non-hydrogen) atoms. The van der Waals surface area contributed by atoms with Crippen LogP contribution in [0.25, 0.3) is 11.0 Å². The normalized spacial score (nSPS) is 11.8. The van der Waals surface area contributed by atoms with Gasteiger partial charge in [0.1, 0.15) is 6.61 Å². The van der Waals surface area contributed by atoms with Crippen molar-refractivity contribution in [2.24, 2.45) is 0 Å². The zero-order valence-electron chi connectivity index (χ0n) is 16.1. The second kappa shape index (κ2) is 8.52. The van der Waals surface area contributed by atoms with Crippen LogP contribution in [0, 0.1) is 0 Å². The summed E-state index contributed by atoms with van der Waals surface area (Å²) in [5.41, 5.74) is 3.56. The number of benzene rings is 3. The highest BCUT2D eigenvalue weighted by Gasteiger charge is 2.20. The molecule has 1 heterocycles. The highest BCUT2D eigenvalue weighted by atomic mass is 16.5. The maximum absolute atomic E-state index is 12.8. The quantitative estimate of drug-likeness (QED) is 0.466. The maximum Gasteiger partial charge on any atom is 0.361 e. The van der Waals surface area contributed by atoms with Crippen LogP contribution < -0.4 is 5.32 Å². The molecule has 4 aromatic rings. The van der Waals surface area contributed by atoms with Crippen LogP contribution in [0.4, 0.5) is 5.82 Å². The molecule has 0 spiro atoms. The van der Waals surface area contributed by atoms with E-state index in [1.165, 1.54) is 0 Å². The van der Waals surface area contributed by atoms with Gasteiger partial charge in [-0.25, -0.2) is 14.8 Å². The molecule has 0 saturated carbocycles. The van der Waals surface area contributed by atoms with Gasteiger partial charge in [-0.1, -0.05) is 72.8 Å². The van der Waals surface area contributed by atoms with Crippen molar-refractivity contribution in [3.8, 4) is 0 Å². The number of hydrogen-bond acceptors (Lipinski definition) is 5. The van der Waals surface area contributed by atoms with Gasteiger partial charge < -0.3 is 10.1 Å². The van der Waals surface area contributed by atoms with Gasteiger partial charge in [-0.15, -0.1) is 0 Å². The van der Waals surface area contributed by atoms with Gasteiger partial charge >= 0.3 is 5.97 Å². The molecule has 0 aliphatic heterocycles. The van der Waals surface area contributed by atoms with Gasteiger partial charge in [-0.05, 0) is 30.2 Å². The van der Waals surface area contributed by atoms with Crippen molar-refractivity contribution in [2.45, 2.75) is 19.6 Å². The first-order valence-electron chi connectivity index (χ1n) is 9.50. The van der Waals surface area contributed by atoms with Crippen molar-refractivity contribution in [3.05, 3.63) is 102 Å². The summed E-state index contributed by atoms with van der Waals surface area (Å²) >= 11 is 0. The van der Waals surface area contributed by atoms with E-state index in [1.807, 2.05) is 91.9 Å². The van der Waals surface area contributed by atoms with E-state index in [2.05, 4.69) is 15.3 Å². The number of rotatable bonds is 6. The van der Waals surface area contributed by atoms with E-state index in [0.717, 1.165) is 16.6 Å². The van der Waals surface area contributed by atoms with Gasteiger partial charge in [0.15, 0.2) is 11.5 Å². The van der Waals surface area contributed by atoms with Crippen LogP contribution in [0.5, 0.6) is 0 Å². The molecule has 0 bridgehead atoms. The number of anilines is 1. The zero-order valence-corrected chi connectivity index (χ0v) is 16.1. The molecule has 1 N–H and O–H groups in total.